The summed E-state index contributed by atoms with van der Waals surface area (Å²) < 4.78 is 5.86. The van der Waals surface area contributed by atoms with E-state index in [2.05, 4.69) is 41.5 Å². The predicted octanol–water partition coefficient (Wildman–Crippen LogP) is 4.45. The van der Waals surface area contributed by atoms with Crippen LogP contribution in [0.15, 0.2) is 22.5 Å². The lowest BCUT2D eigenvalue weighted by Crippen LogP contribution is -2.14. The van der Waals surface area contributed by atoms with Crippen LogP contribution >= 0.6 is 0 Å². The van der Waals surface area contributed by atoms with Crippen molar-refractivity contribution >= 4 is 0 Å². The average Bonchev–Trinajstić information content (AvgIpc) is 2.54. The Kier molecular flexibility index (Phi) is 2.49. The van der Waals surface area contributed by atoms with Gasteiger partial charge in [-0.15, -0.1) is 0 Å². The van der Waals surface area contributed by atoms with Gasteiger partial charge in [0.25, 0.3) is 0 Å². The molecule has 1 heteroatoms. The Balaban J connectivity index is 2.43. The van der Waals surface area contributed by atoms with Gasteiger partial charge >= 0.3 is 0 Å². The van der Waals surface area contributed by atoms with E-state index >= 15 is 0 Å². The zero-order valence-electron chi connectivity index (χ0n) is 11.5. The smallest absolute Gasteiger partial charge is 0.122 e. The fourth-order valence-corrected chi connectivity index (χ4v) is 2.70. The monoisotopic (exact) mass is 220 g/mol. The molecule has 16 heavy (non-hydrogen) atoms. The zero-order chi connectivity index (χ0) is 12.1. The third-order valence-electron chi connectivity index (χ3n) is 3.68. The Labute approximate surface area is 99.6 Å². The second-order valence-electron chi connectivity index (χ2n) is 7.04. The topological polar surface area (TPSA) is 9.23 Å². The second-order valence-corrected chi connectivity index (χ2v) is 7.04. The lowest BCUT2D eigenvalue weighted by Gasteiger charge is -2.26. The van der Waals surface area contributed by atoms with Crippen LogP contribution in [0.5, 0.6) is 0 Å². The summed E-state index contributed by atoms with van der Waals surface area (Å²) in [4.78, 5) is 0. The lowest BCUT2D eigenvalue weighted by atomic mass is 9.79. The van der Waals surface area contributed by atoms with Crippen molar-refractivity contribution in [3.63, 3.8) is 0 Å². The van der Waals surface area contributed by atoms with Gasteiger partial charge in [-0.1, -0.05) is 47.1 Å². The number of ether oxygens (including phenoxy) is 1. The zero-order valence-corrected chi connectivity index (χ0v) is 11.5. The summed E-state index contributed by atoms with van der Waals surface area (Å²) in [6.07, 6.45) is 2.24. The molecule has 0 spiro atoms. The van der Waals surface area contributed by atoms with Crippen LogP contribution in [0.1, 0.15) is 54.4 Å². The lowest BCUT2D eigenvalue weighted by molar-refractivity contribution is 0.254. The Morgan fingerprint density at radius 3 is 1.94 bits per heavy atom. The molecule has 1 aliphatic heterocycles. The third kappa shape index (κ3) is 1.81. The van der Waals surface area contributed by atoms with E-state index < -0.39 is 0 Å². The Morgan fingerprint density at radius 2 is 1.44 bits per heavy atom. The standard InChI is InChI=1S/C15H24O/c1-14(2,3)11-9-12(15(4,5)6)13-10(11)7-8-16-13/h7-9H2,1-6H3. The highest BCUT2D eigenvalue weighted by Gasteiger charge is 2.38. The first-order valence-corrected chi connectivity index (χ1v) is 6.30. The van der Waals surface area contributed by atoms with E-state index in [-0.39, 0.29) is 10.8 Å². The minimum atomic E-state index is 0.234. The molecule has 90 valence electrons. The van der Waals surface area contributed by atoms with Gasteiger partial charge in [-0.05, 0) is 28.4 Å². The van der Waals surface area contributed by atoms with Crippen molar-refractivity contribution in [2.45, 2.75) is 54.4 Å². The molecule has 0 radical (unpaired) electrons. The van der Waals surface area contributed by atoms with Crippen LogP contribution in [-0.4, -0.2) is 6.61 Å². The van der Waals surface area contributed by atoms with E-state index in [4.69, 9.17) is 4.74 Å². The first kappa shape index (κ1) is 11.8. The van der Waals surface area contributed by atoms with Crippen molar-refractivity contribution in [1.29, 1.82) is 0 Å². The summed E-state index contributed by atoms with van der Waals surface area (Å²) in [6, 6.07) is 0. The number of hydrogen-bond donors (Lipinski definition) is 0. The molecule has 0 unspecified atom stereocenters. The Bertz CT molecular complexity index is 333. The van der Waals surface area contributed by atoms with E-state index in [1.807, 2.05) is 0 Å². The molecule has 1 nitrogen and oxygen atoms in total. The van der Waals surface area contributed by atoms with Gasteiger partial charge in [0, 0.05) is 6.42 Å². The number of fused-ring (bicyclic) bond motifs is 1. The maximum atomic E-state index is 5.86. The molecule has 0 aromatic rings. The highest BCUT2D eigenvalue weighted by Crippen LogP contribution is 2.50. The quantitative estimate of drug-likeness (QED) is 0.586. The van der Waals surface area contributed by atoms with E-state index in [0.717, 1.165) is 19.4 Å². The molecule has 0 N–H and O–H groups in total. The summed E-state index contributed by atoms with van der Waals surface area (Å²) in [7, 11) is 0. The summed E-state index contributed by atoms with van der Waals surface area (Å²) in [6.45, 7) is 14.7. The fraction of sp³-hybridized carbons (Fsp3) is 0.733. The Hall–Kier alpha value is -0.720. The normalized spacial score (nSPS) is 21.6. The molecule has 1 aliphatic carbocycles. The number of hydrogen-bond acceptors (Lipinski definition) is 1. The molecule has 1 saturated heterocycles. The maximum Gasteiger partial charge on any atom is 0.122 e. The van der Waals surface area contributed by atoms with Gasteiger partial charge in [0.1, 0.15) is 5.76 Å². The van der Waals surface area contributed by atoms with Crippen LogP contribution in [0, 0.1) is 10.8 Å². The largest absolute Gasteiger partial charge is 0.493 e. The van der Waals surface area contributed by atoms with Crippen molar-refractivity contribution in [2.75, 3.05) is 6.61 Å². The van der Waals surface area contributed by atoms with Gasteiger partial charge < -0.3 is 4.74 Å². The molecule has 2 aliphatic rings. The van der Waals surface area contributed by atoms with E-state index in [0.29, 0.717) is 0 Å². The molecule has 0 saturated carbocycles. The molecule has 0 atom stereocenters. The third-order valence-corrected chi connectivity index (χ3v) is 3.68. The highest BCUT2D eigenvalue weighted by atomic mass is 16.5. The van der Waals surface area contributed by atoms with Crippen molar-refractivity contribution in [3.8, 4) is 0 Å². The first-order valence-electron chi connectivity index (χ1n) is 6.30. The summed E-state index contributed by atoms with van der Waals surface area (Å²) in [5.74, 6) is 1.23. The van der Waals surface area contributed by atoms with Crippen LogP contribution in [0.2, 0.25) is 0 Å². The predicted molar refractivity (Wildman–Crippen MR) is 68.1 cm³/mol. The van der Waals surface area contributed by atoms with Crippen molar-refractivity contribution < 1.29 is 4.74 Å². The van der Waals surface area contributed by atoms with Crippen molar-refractivity contribution in [1.82, 2.24) is 0 Å². The van der Waals surface area contributed by atoms with Crippen molar-refractivity contribution in [2.24, 2.45) is 10.8 Å². The van der Waals surface area contributed by atoms with Gasteiger partial charge in [-0.25, -0.2) is 0 Å². The van der Waals surface area contributed by atoms with Crippen molar-refractivity contribution in [3.05, 3.63) is 22.5 Å². The number of rotatable bonds is 0. The van der Waals surface area contributed by atoms with Crippen LogP contribution in [0.3, 0.4) is 0 Å². The molecule has 0 bridgehead atoms. The second kappa shape index (κ2) is 3.38. The van der Waals surface area contributed by atoms with E-state index in [1.165, 1.54) is 16.9 Å². The SMILES string of the molecule is CC(C)(C)C1=C2CCOC2=C(C(C)(C)C)C1. The summed E-state index contributed by atoms with van der Waals surface area (Å²) in [5, 5.41) is 0. The minimum Gasteiger partial charge on any atom is -0.493 e. The Morgan fingerprint density at radius 1 is 0.875 bits per heavy atom. The average molecular weight is 220 g/mol. The van der Waals surface area contributed by atoms with Crippen LogP contribution in [0.4, 0.5) is 0 Å². The summed E-state index contributed by atoms with van der Waals surface area (Å²) >= 11 is 0. The molecule has 1 heterocycles. The van der Waals surface area contributed by atoms with Gasteiger partial charge in [-0.3, -0.25) is 0 Å². The van der Waals surface area contributed by atoms with E-state index in [1.54, 1.807) is 5.57 Å². The molecule has 0 aromatic heterocycles. The molecule has 2 rings (SSSR count). The van der Waals surface area contributed by atoms with Gasteiger partial charge in [-0.2, -0.15) is 0 Å². The minimum absolute atomic E-state index is 0.234. The first-order chi connectivity index (χ1) is 7.21. The van der Waals surface area contributed by atoms with E-state index in [9.17, 15) is 0 Å². The number of allylic oxidation sites excluding steroid dienone is 3. The van der Waals surface area contributed by atoms with Gasteiger partial charge in [0.05, 0.1) is 6.61 Å². The molecule has 0 aromatic carbocycles. The molecule has 1 fully saturated rings. The van der Waals surface area contributed by atoms with Crippen LogP contribution in [0.25, 0.3) is 0 Å². The van der Waals surface area contributed by atoms with Crippen LogP contribution < -0.4 is 0 Å². The van der Waals surface area contributed by atoms with Gasteiger partial charge in [0.15, 0.2) is 0 Å². The molecular weight excluding hydrogens is 196 g/mol. The van der Waals surface area contributed by atoms with Gasteiger partial charge in [0.2, 0.25) is 0 Å². The highest BCUT2D eigenvalue weighted by molar-refractivity contribution is 5.49. The van der Waals surface area contributed by atoms with Crippen LogP contribution in [-0.2, 0) is 4.74 Å². The molecular formula is C15H24O. The maximum absolute atomic E-state index is 5.86. The molecule has 0 amide bonds. The summed E-state index contributed by atoms with van der Waals surface area (Å²) in [5.41, 5.74) is 5.13. The fourth-order valence-electron chi connectivity index (χ4n) is 2.70.